The Hall–Kier alpha value is -2.62. The fraction of sp³-hybridized carbons (Fsp3) is 0.222. The summed E-state index contributed by atoms with van der Waals surface area (Å²) in [4.78, 5) is 23.0. The summed E-state index contributed by atoms with van der Waals surface area (Å²) < 4.78 is 0. The summed E-state index contributed by atoms with van der Waals surface area (Å²) in [7, 11) is 0. The maximum absolute atomic E-state index is 11.6. The molecule has 0 saturated carbocycles. The Kier molecular flexibility index (Phi) is 7.40. The molecule has 1 rings (SSSR count). The molecule has 0 aliphatic heterocycles. The van der Waals surface area contributed by atoms with Crippen molar-refractivity contribution in [3.8, 4) is 0 Å². The molecule has 0 aromatic carbocycles. The molecule has 1 amide bonds. The van der Waals surface area contributed by atoms with Crippen molar-refractivity contribution >= 4 is 11.7 Å². The van der Waals surface area contributed by atoms with Gasteiger partial charge in [0.15, 0.2) is 5.78 Å². The maximum atomic E-state index is 11.6. The van der Waals surface area contributed by atoms with Crippen LogP contribution in [0.25, 0.3) is 0 Å². The number of rotatable bonds is 6. The van der Waals surface area contributed by atoms with Gasteiger partial charge in [-0.1, -0.05) is 54.2 Å². The quantitative estimate of drug-likeness (QED) is 0.583. The average molecular weight is 299 g/mol. The van der Waals surface area contributed by atoms with Crippen LogP contribution in [0.1, 0.15) is 26.7 Å². The number of amides is 1. The molecule has 0 fully saturated rings. The Morgan fingerprint density at radius 2 is 1.77 bits per heavy atom. The Bertz CT molecular complexity index is 602. The summed E-state index contributed by atoms with van der Waals surface area (Å²) in [6.07, 6.45) is 16.7. The number of nitrogens with one attached hydrogen (secondary N) is 1. The monoisotopic (exact) mass is 299 g/mol. The molecule has 2 N–H and O–H groups in total. The van der Waals surface area contributed by atoms with Crippen molar-refractivity contribution < 1.29 is 14.7 Å². The fourth-order valence-electron chi connectivity index (χ4n) is 1.73. The van der Waals surface area contributed by atoms with Crippen LogP contribution in [0.3, 0.4) is 0 Å². The van der Waals surface area contributed by atoms with Crippen molar-refractivity contribution in [2.45, 2.75) is 26.7 Å². The lowest BCUT2D eigenvalue weighted by atomic mass is 10.2. The van der Waals surface area contributed by atoms with E-state index < -0.39 is 5.91 Å². The van der Waals surface area contributed by atoms with Gasteiger partial charge >= 0.3 is 0 Å². The normalized spacial score (nSPS) is 17.0. The number of carbonyl (C=O) groups is 2. The summed E-state index contributed by atoms with van der Waals surface area (Å²) in [5, 5.41) is 11.8. The SMILES string of the molecule is CC=CC=C(C)C=CC=CC=CC(=O)NC1=C(O)CCC1=O. The standard InChI is InChI=1S/C18H21NO3/c1-3-4-9-14(2)10-7-5-6-8-11-17(22)19-18-15(20)12-13-16(18)21/h3-11,20H,12-13H2,1-2H3,(H,19,22). The Morgan fingerprint density at radius 3 is 2.36 bits per heavy atom. The molecule has 0 saturated heterocycles. The first-order valence-corrected chi connectivity index (χ1v) is 7.12. The third-order valence-electron chi connectivity index (χ3n) is 2.90. The molecule has 22 heavy (non-hydrogen) atoms. The number of Topliss-reactive ketones (excluding diaryl/α,β-unsaturated/α-hetero) is 1. The highest BCUT2D eigenvalue weighted by Gasteiger charge is 2.23. The van der Waals surface area contributed by atoms with E-state index in [9.17, 15) is 14.7 Å². The van der Waals surface area contributed by atoms with Crippen LogP contribution in [-0.2, 0) is 9.59 Å². The van der Waals surface area contributed by atoms with Crippen LogP contribution in [0.4, 0.5) is 0 Å². The topological polar surface area (TPSA) is 66.4 Å². The highest BCUT2D eigenvalue weighted by Crippen LogP contribution is 2.17. The van der Waals surface area contributed by atoms with Crippen LogP contribution in [0, 0.1) is 0 Å². The number of aliphatic hydroxyl groups is 1. The van der Waals surface area contributed by atoms with Crippen molar-refractivity contribution in [1.29, 1.82) is 0 Å². The first-order valence-electron chi connectivity index (χ1n) is 7.12. The zero-order chi connectivity index (χ0) is 16.4. The summed E-state index contributed by atoms with van der Waals surface area (Å²) in [6.45, 7) is 3.95. The van der Waals surface area contributed by atoms with Gasteiger partial charge in [0.1, 0.15) is 11.5 Å². The van der Waals surface area contributed by atoms with E-state index in [-0.39, 0.29) is 23.7 Å². The van der Waals surface area contributed by atoms with Crippen LogP contribution in [-0.4, -0.2) is 16.8 Å². The molecule has 4 nitrogen and oxygen atoms in total. The molecule has 0 aromatic rings. The van der Waals surface area contributed by atoms with Gasteiger partial charge in [0.25, 0.3) is 0 Å². The van der Waals surface area contributed by atoms with Gasteiger partial charge in [-0.15, -0.1) is 0 Å². The van der Waals surface area contributed by atoms with Gasteiger partial charge in [0.05, 0.1) is 0 Å². The molecule has 1 aliphatic carbocycles. The van der Waals surface area contributed by atoms with E-state index in [4.69, 9.17) is 0 Å². The van der Waals surface area contributed by atoms with Gasteiger partial charge in [0.2, 0.25) is 5.91 Å². The molecule has 4 heteroatoms. The van der Waals surface area contributed by atoms with Crippen LogP contribution < -0.4 is 5.32 Å². The number of allylic oxidation sites excluding steroid dienone is 11. The van der Waals surface area contributed by atoms with Crippen molar-refractivity contribution in [1.82, 2.24) is 5.32 Å². The van der Waals surface area contributed by atoms with Gasteiger partial charge < -0.3 is 10.4 Å². The van der Waals surface area contributed by atoms with Crippen LogP contribution in [0.15, 0.2) is 71.7 Å². The molecule has 0 unspecified atom stereocenters. The molecule has 116 valence electrons. The van der Waals surface area contributed by atoms with Gasteiger partial charge in [-0.3, -0.25) is 9.59 Å². The highest BCUT2D eigenvalue weighted by molar-refractivity contribution is 6.03. The van der Waals surface area contributed by atoms with Crippen molar-refractivity contribution in [3.63, 3.8) is 0 Å². The molecule has 0 atom stereocenters. The third kappa shape index (κ3) is 6.22. The largest absolute Gasteiger partial charge is 0.510 e. The van der Waals surface area contributed by atoms with E-state index in [2.05, 4.69) is 5.32 Å². The van der Waals surface area contributed by atoms with Crippen LogP contribution >= 0.6 is 0 Å². The first kappa shape index (κ1) is 17.4. The predicted octanol–water partition coefficient (Wildman–Crippen LogP) is 3.43. The second-order valence-electron chi connectivity index (χ2n) is 4.77. The van der Waals surface area contributed by atoms with E-state index >= 15 is 0 Å². The molecule has 0 bridgehead atoms. The fourth-order valence-corrected chi connectivity index (χ4v) is 1.73. The molecule has 0 heterocycles. The Labute approximate surface area is 130 Å². The molecule has 0 radical (unpaired) electrons. The summed E-state index contributed by atoms with van der Waals surface area (Å²) in [5.41, 5.74) is 1.13. The predicted molar refractivity (Wildman–Crippen MR) is 88.0 cm³/mol. The minimum atomic E-state index is -0.436. The number of aliphatic hydroxyl groups excluding tert-OH is 1. The highest BCUT2D eigenvalue weighted by atomic mass is 16.3. The van der Waals surface area contributed by atoms with Gasteiger partial charge in [0, 0.05) is 18.9 Å². The lowest BCUT2D eigenvalue weighted by Crippen LogP contribution is -2.24. The van der Waals surface area contributed by atoms with E-state index in [0.717, 1.165) is 5.57 Å². The number of hydrogen-bond acceptors (Lipinski definition) is 3. The van der Waals surface area contributed by atoms with E-state index in [1.54, 1.807) is 18.2 Å². The minimum Gasteiger partial charge on any atom is -0.510 e. The third-order valence-corrected chi connectivity index (χ3v) is 2.90. The molecule has 1 aliphatic rings. The van der Waals surface area contributed by atoms with E-state index in [1.165, 1.54) is 6.08 Å². The second-order valence-corrected chi connectivity index (χ2v) is 4.77. The average Bonchev–Trinajstić information content (AvgIpc) is 2.80. The maximum Gasteiger partial charge on any atom is 0.248 e. The lowest BCUT2D eigenvalue weighted by Gasteiger charge is -2.01. The zero-order valence-electron chi connectivity index (χ0n) is 12.9. The van der Waals surface area contributed by atoms with E-state index in [1.807, 2.05) is 44.2 Å². The molecular weight excluding hydrogens is 278 g/mol. The van der Waals surface area contributed by atoms with Gasteiger partial charge in [-0.25, -0.2) is 0 Å². The minimum absolute atomic E-state index is 0.0169. The van der Waals surface area contributed by atoms with Crippen molar-refractivity contribution in [2.24, 2.45) is 0 Å². The summed E-state index contributed by atoms with van der Waals surface area (Å²) >= 11 is 0. The summed E-state index contributed by atoms with van der Waals surface area (Å²) in [6, 6.07) is 0. The van der Waals surface area contributed by atoms with Crippen molar-refractivity contribution in [3.05, 3.63) is 71.7 Å². The second kappa shape index (κ2) is 9.34. The van der Waals surface area contributed by atoms with E-state index in [0.29, 0.717) is 6.42 Å². The molecule has 0 spiro atoms. The Balaban J connectivity index is 2.44. The number of ketones is 1. The number of hydrogen-bond donors (Lipinski definition) is 2. The van der Waals surface area contributed by atoms with Crippen LogP contribution in [0.2, 0.25) is 0 Å². The zero-order valence-corrected chi connectivity index (χ0v) is 12.9. The van der Waals surface area contributed by atoms with Crippen LogP contribution in [0.5, 0.6) is 0 Å². The molecular formula is C18H21NO3. The summed E-state index contributed by atoms with van der Waals surface area (Å²) in [5.74, 6) is -0.718. The smallest absolute Gasteiger partial charge is 0.248 e. The van der Waals surface area contributed by atoms with Crippen molar-refractivity contribution in [2.75, 3.05) is 0 Å². The molecule has 0 aromatic heterocycles. The lowest BCUT2D eigenvalue weighted by molar-refractivity contribution is -0.119. The van der Waals surface area contributed by atoms with Gasteiger partial charge in [-0.05, 0) is 13.8 Å². The number of carbonyl (C=O) groups excluding carboxylic acids is 2. The Morgan fingerprint density at radius 1 is 1.09 bits per heavy atom. The first-order chi connectivity index (χ1) is 10.5. The van der Waals surface area contributed by atoms with Gasteiger partial charge in [-0.2, -0.15) is 0 Å².